The van der Waals surface area contributed by atoms with E-state index in [4.69, 9.17) is 5.73 Å². The molecule has 88 valence electrons. The number of aromatic nitrogens is 1. The molecule has 5 heteroatoms. The predicted octanol–water partition coefficient (Wildman–Crippen LogP) is 2.74. The Labute approximate surface area is 108 Å². The Kier molecular flexibility index (Phi) is 3.49. The van der Waals surface area contributed by atoms with Gasteiger partial charge in [0.05, 0.1) is 10.2 Å². The fourth-order valence-electron chi connectivity index (χ4n) is 1.46. The number of nitrogens with two attached hydrogens (primary N) is 1. The first-order valence-electron chi connectivity index (χ1n) is 5.07. The molecule has 1 heterocycles. The van der Waals surface area contributed by atoms with Crippen molar-refractivity contribution in [3.63, 3.8) is 0 Å². The first kappa shape index (κ1) is 11.7. The predicted molar refractivity (Wildman–Crippen MR) is 71.8 cm³/mol. The van der Waals surface area contributed by atoms with Crippen molar-refractivity contribution in [1.82, 2.24) is 4.98 Å². The number of anilines is 2. The summed E-state index contributed by atoms with van der Waals surface area (Å²) in [5, 5.41) is 12.9. The molecular formula is C12H12BrN3O. The van der Waals surface area contributed by atoms with Crippen LogP contribution in [0.2, 0.25) is 0 Å². The summed E-state index contributed by atoms with van der Waals surface area (Å²) in [6, 6.07) is 6.86. The van der Waals surface area contributed by atoms with Gasteiger partial charge >= 0.3 is 0 Å². The molecule has 0 aliphatic heterocycles. The van der Waals surface area contributed by atoms with E-state index < -0.39 is 0 Å². The molecule has 17 heavy (non-hydrogen) atoms. The van der Waals surface area contributed by atoms with Crippen LogP contribution in [-0.4, -0.2) is 10.1 Å². The maximum atomic E-state index is 9.66. The third-order valence-electron chi connectivity index (χ3n) is 2.35. The highest BCUT2D eigenvalue weighted by molar-refractivity contribution is 9.10. The van der Waals surface area contributed by atoms with E-state index in [0.29, 0.717) is 12.2 Å². The van der Waals surface area contributed by atoms with Crippen LogP contribution in [0.5, 0.6) is 5.75 Å². The second kappa shape index (κ2) is 5.05. The van der Waals surface area contributed by atoms with Gasteiger partial charge in [0.15, 0.2) is 0 Å². The van der Waals surface area contributed by atoms with Crippen molar-refractivity contribution in [3.8, 4) is 5.75 Å². The fraction of sp³-hybridized carbons (Fsp3) is 0.0833. The number of nitrogens with zero attached hydrogens (tertiary/aromatic N) is 1. The molecule has 0 amide bonds. The monoisotopic (exact) mass is 293 g/mol. The molecule has 0 fully saturated rings. The number of rotatable bonds is 3. The molecule has 1 aromatic heterocycles. The minimum atomic E-state index is 0.233. The lowest BCUT2D eigenvalue weighted by Gasteiger charge is -2.10. The smallest absolute Gasteiger partial charge is 0.120 e. The number of benzene rings is 1. The van der Waals surface area contributed by atoms with Gasteiger partial charge in [-0.15, -0.1) is 0 Å². The Morgan fingerprint density at radius 3 is 2.94 bits per heavy atom. The summed E-state index contributed by atoms with van der Waals surface area (Å²) in [6.45, 7) is 0.499. The summed E-state index contributed by atoms with van der Waals surface area (Å²) in [4.78, 5) is 3.98. The average molecular weight is 294 g/mol. The molecule has 0 atom stereocenters. The minimum absolute atomic E-state index is 0.233. The second-order valence-electron chi connectivity index (χ2n) is 3.60. The Morgan fingerprint density at radius 1 is 1.35 bits per heavy atom. The first-order valence-corrected chi connectivity index (χ1v) is 5.87. The summed E-state index contributed by atoms with van der Waals surface area (Å²) in [6.07, 6.45) is 3.41. The SMILES string of the molecule is Nc1ccc(O)c(CNc2ccncc2Br)c1. The van der Waals surface area contributed by atoms with Crippen molar-refractivity contribution in [2.45, 2.75) is 6.54 Å². The Morgan fingerprint density at radius 2 is 2.18 bits per heavy atom. The van der Waals surface area contributed by atoms with Gasteiger partial charge in [0.1, 0.15) is 5.75 Å². The minimum Gasteiger partial charge on any atom is -0.508 e. The molecular weight excluding hydrogens is 282 g/mol. The van der Waals surface area contributed by atoms with E-state index in [1.165, 1.54) is 0 Å². The zero-order chi connectivity index (χ0) is 12.3. The van der Waals surface area contributed by atoms with Crippen LogP contribution >= 0.6 is 15.9 Å². The van der Waals surface area contributed by atoms with Gasteiger partial charge in [0, 0.05) is 30.2 Å². The van der Waals surface area contributed by atoms with Gasteiger partial charge in [-0.25, -0.2) is 0 Å². The topological polar surface area (TPSA) is 71.2 Å². The number of nitrogen functional groups attached to an aromatic ring is 1. The molecule has 2 aromatic rings. The van der Waals surface area contributed by atoms with Crippen molar-refractivity contribution in [1.29, 1.82) is 0 Å². The van der Waals surface area contributed by atoms with Crippen molar-refractivity contribution in [3.05, 3.63) is 46.7 Å². The quantitative estimate of drug-likeness (QED) is 0.601. The van der Waals surface area contributed by atoms with E-state index >= 15 is 0 Å². The number of nitrogens with one attached hydrogen (secondary N) is 1. The third kappa shape index (κ3) is 2.88. The lowest BCUT2D eigenvalue weighted by Crippen LogP contribution is -2.01. The van der Waals surface area contributed by atoms with Crippen molar-refractivity contribution >= 4 is 27.3 Å². The second-order valence-corrected chi connectivity index (χ2v) is 4.45. The molecule has 4 N–H and O–H groups in total. The van der Waals surface area contributed by atoms with Crippen molar-refractivity contribution in [2.75, 3.05) is 11.1 Å². The van der Waals surface area contributed by atoms with Crippen molar-refractivity contribution in [2.24, 2.45) is 0 Å². The number of phenolic OH excluding ortho intramolecular Hbond substituents is 1. The van der Waals surface area contributed by atoms with Crippen LogP contribution in [0, 0.1) is 0 Å². The molecule has 4 nitrogen and oxygen atoms in total. The molecule has 0 bridgehead atoms. The van der Waals surface area contributed by atoms with Crippen LogP contribution in [0.1, 0.15) is 5.56 Å². The molecule has 0 saturated heterocycles. The van der Waals surface area contributed by atoms with Crippen LogP contribution in [-0.2, 0) is 6.54 Å². The number of hydrogen-bond donors (Lipinski definition) is 3. The summed E-state index contributed by atoms with van der Waals surface area (Å²) >= 11 is 3.39. The number of pyridine rings is 1. The van der Waals surface area contributed by atoms with E-state index in [1.807, 2.05) is 6.07 Å². The summed E-state index contributed by atoms with van der Waals surface area (Å²) in [5.74, 6) is 0.233. The maximum Gasteiger partial charge on any atom is 0.120 e. The zero-order valence-electron chi connectivity index (χ0n) is 9.02. The van der Waals surface area contributed by atoms with Gasteiger partial charge in [-0.3, -0.25) is 4.98 Å². The summed E-state index contributed by atoms with van der Waals surface area (Å²) < 4.78 is 0.878. The van der Waals surface area contributed by atoms with Crippen LogP contribution in [0.15, 0.2) is 41.1 Å². The highest BCUT2D eigenvalue weighted by Crippen LogP contribution is 2.24. The molecule has 0 unspecified atom stereocenters. The van der Waals surface area contributed by atoms with Gasteiger partial charge in [0.25, 0.3) is 0 Å². The third-order valence-corrected chi connectivity index (χ3v) is 2.98. The van der Waals surface area contributed by atoms with E-state index in [1.54, 1.807) is 30.6 Å². The van der Waals surface area contributed by atoms with Gasteiger partial charge < -0.3 is 16.2 Å². The molecule has 2 rings (SSSR count). The van der Waals surface area contributed by atoms with Gasteiger partial charge in [-0.1, -0.05) is 0 Å². The summed E-state index contributed by atoms with van der Waals surface area (Å²) in [5.41, 5.74) is 7.98. The van der Waals surface area contributed by atoms with Gasteiger partial charge in [-0.05, 0) is 40.2 Å². The average Bonchev–Trinajstić information content (AvgIpc) is 2.32. The Bertz CT molecular complexity index is 531. The number of aromatic hydroxyl groups is 1. The molecule has 0 radical (unpaired) electrons. The van der Waals surface area contributed by atoms with Crippen LogP contribution in [0.3, 0.4) is 0 Å². The number of phenols is 1. The molecule has 1 aromatic carbocycles. The van der Waals surface area contributed by atoms with Gasteiger partial charge in [-0.2, -0.15) is 0 Å². The molecule has 0 saturated carbocycles. The van der Waals surface area contributed by atoms with E-state index in [2.05, 4.69) is 26.2 Å². The maximum absolute atomic E-state index is 9.66. The standard InChI is InChI=1S/C12H12BrN3O/c13-10-7-15-4-3-11(10)16-6-8-5-9(14)1-2-12(8)17/h1-5,7,17H,6,14H2,(H,15,16). The normalized spacial score (nSPS) is 10.2. The fourth-order valence-corrected chi connectivity index (χ4v) is 1.85. The number of hydrogen-bond acceptors (Lipinski definition) is 4. The lowest BCUT2D eigenvalue weighted by atomic mass is 10.1. The Hall–Kier alpha value is -1.75. The Balaban J connectivity index is 2.12. The number of halogens is 1. The van der Waals surface area contributed by atoms with Gasteiger partial charge in [0.2, 0.25) is 0 Å². The molecule has 0 spiro atoms. The first-order chi connectivity index (χ1) is 8.16. The van der Waals surface area contributed by atoms with Crippen LogP contribution in [0.25, 0.3) is 0 Å². The van der Waals surface area contributed by atoms with Crippen molar-refractivity contribution < 1.29 is 5.11 Å². The largest absolute Gasteiger partial charge is 0.508 e. The zero-order valence-corrected chi connectivity index (χ0v) is 10.6. The van der Waals surface area contributed by atoms with E-state index in [0.717, 1.165) is 15.7 Å². The highest BCUT2D eigenvalue weighted by Gasteiger charge is 2.03. The molecule has 0 aliphatic carbocycles. The van der Waals surface area contributed by atoms with E-state index in [9.17, 15) is 5.11 Å². The highest BCUT2D eigenvalue weighted by atomic mass is 79.9. The van der Waals surface area contributed by atoms with E-state index in [-0.39, 0.29) is 5.75 Å². The lowest BCUT2D eigenvalue weighted by molar-refractivity contribution is 0.469. The summed E-state index contributed by atoms with van der Waals surface area (Å²) in [7, 11) is 0. The molecule has 0 aliphatic rings. The van der Waals surface area contributed by atoms with Crippen LogP contribution < -0.4 is 11.1 Å². The van der Waals surface area contributed by atoms with Crippen LogP contribution in [0.4, 0.5) is 11.4 Å².